The molecule has 1 aromatic heterocycles. The van der Waals surface area contributed by atoms with Gasteiger partial charge in [-0.05, 0) is 36.7 Å². The molecule has 5 nitrogen and oxygen atoms in total. The van der Waals surface area contributed by atoms with Gasteiger partial charge < -0.3 is 10.1 Å². The molecule has 0 fully saturated rings. The van der Waals surface area contributed by atoms with E-state index in [-0.39, 0.29) is 5.82 Å². The van der Waals surface area contributed by atoms with Crippen molar-refractivity contribution in [1.29, 1.82) is 0 Å². The molecule has 2 aromatic rings. The van der Waals surface area contributed by atoms with Gasteiger partial charge in [0.1, 0.15) is 17.3 Å². The quantitative estimate of drug-likeness (QED) is 0.791. The summed E-state index contributed by atoms with van der Waals surface area (Å²) in [7, 11) is 0. The van der Waals surface area contributed by atoms with Crippen molar-refractivity contribution in [2.75, 3.05) is 11.9 Å². The van der Waals surface area contributed by atoms with Crippen molar-refractivity contribution in [3.05, 3.63) is 27.5 Å². The van der Waals surface area contributed by atoms with Crippen molar-refractivity contribution in [1.82, 2.24) is 14.8 Å². The van der Waals surface area contributed by atoms with E-state index in [4.69, 9.17) is 4.74 Å². The minimum absolute atomic E-state index is 0.349. The van der Waals surface area contributed by atoms with Crippen molar-refractivity contribution in [3.8, 4) is 11.4 Å². The van der Waals surface area contributed by atoms with Crippen LogP contribution in [0.1, 0.15) is 31.1 Å². The van der Waals surface area contributed by atoms with Gasteiger partial charge in [-0.15, -0.1) is 10.2 Å². The van der Waals surface area contributed by atoms with Crippen LogP contribution in [-0.4, -0.2) is 21.4 Å². The van der Waals surface area contributed by atoms with Crippen LogP contribution >= 0.6 is 15.9 Å². The number of aryl methyl sites for hydroxylation is 1. The van der Waals surface area contributed by atoms with E-state index in [1.165, 1.54) is 0 Å². The van der Waals surface area contributed by atoms with Crippen molar-refractivity contribution in [2.24, 2.45) is 0 Å². The zero-order valence-electron chi connectivity index (χ0n) is 11.9. The second-order valence-corrected chi connectivity index (χ2v) is 6.71. The van der Waals surface area contributed by atoms with Gasteiger partial charge in [0.15, 0.2) is 11.6 Å². The van der Waals surface area contributed by atoms with Gasteiger partial charge in [-0.3, -0.25) is 4.57 Å². The lowest BCUT2D eigenvalue weighted by Crippen LogP contribution is -2.37. The molecule has 0 saturated heterocycles. The van der Waals surface area contributed by atoms with Crippen LogP contribution in [0, 0.1) is 12.7 Å². The molecule has 0 unspecified atom stereocenters. The van der Waals surface area contributed by atoms with Crippen LogP contribution in [-0.2, 0) is 12.0 Å². The maximum Gasteiger partial charge on any atom is 0.167 e. The molecule has 21 heavy (non-hydrogen) atoms. The van der Waals surface area contributed by atoms with Crippen LogP contribution < -0.4 is 10.1 Å². The van der Waals surface area contributed by atoms with Gasteiger partial charge in [0.2, 0.25) is 0 Å². The number of hydrogen-bond donors (Lipinski definition) is 1. The molecule has 0 aliphatic carbocycles. The Bertz CT molecular complexity index is 784. The lowest BCUT2D eigenvalue weighted by molar-refractivity contribution is 0.352. The summed E-state index contributed by atoms with van der Waals surface area (Å²) in [4.78, 5) is 0. The highest BCUT2D eigenvalue weighted by atomic mass is 79.9. The minimum atomic E-state index is -0.426. The summed E-state index contributed by atoms with van der Waals surface area (Å²) in [6.07, 6.45) is 0.760. The molecule has 7 heteroatoms. The number of ether oxygens (including phenoxy) is 1. The highest BCUT2D eigenvalue weighted by Crippen LogP contribution is 2.48. The standard InChI is InChI=1S/C14H14BrFN4O/c1-6-18-19-13-14(2,3)17-10-7-4-5-21-12(7)8(15)9(16)11(10)20(6)13/h17H,4-5H2,1-3H3. The summed E-state index contributed by atoms with van der Waals surface area (Å²) < 4.78 is 22.6. The highest BCUT2D eigenvalue weighted by Gasteiger charge is 2.39. The first kappa shape index (κ1) is 13.1. The first-order chi connectivity index (χ1) is 9.92. The molecule has 0 saturated carbocycles. The van der Waals surface area contributed by atoms with E-state index < -0.39 is 5.54 Å². The number of hydrogen-bond acceptors (Lipinski definition) is 4. The molecule has 3 heterocycles. The van der Waals surface area contributed by atoms with E-state index >= 15 is 0 Å². The van der Waals surface area contributed by atoms with Crippen molar-refractivity contribution < 1.29 is 9.13 Å². The fourth-order valence-electron chi connectivity index (χ4n) is 3.09. The third-order valence-electron chi connectivity index (χ3n) is 4.06. The van der Waals surface area contributed by atoms with E-state index in [2.05, 4.69) is 31.4 Å². The van der Waals surface area contributed by atoms with Crippen LogP contribution in [0.4, 0.5) is 10.1 Å². The summed E-state index contributed by atoms with van der Waals surface area (Å²) in [5.74, 6) is 1.63. The molecule has 110 valence electrons. The molecule has 0 bridgehead atoms. The molecule has 4 rings (SSSR count). The summed E-state index contributed by atoms with van der Waals surface area (Å²) in [6, 6.07) is 0. The second-order valence-electron chi connectivity index (χ2n) is 5.91. The maximum atomic E-state index is 14.9. The Morgan fingerprint density at radius 3 is 2.90 bits per heavy atom. The Morgan fingerprint density at radius 2 is 2.14 bits per heavy atom. The molecule has 2 aliphatic rings. The zero-order chi connectivity index (χ0) is 14.9. The van der Waals surface area contributed by atoms with Crippen LogP contribution in [0.15, 0.2) is 4.47 Å². The lowest BCUT2D eigenvalue weighted by Gasteiger charge is -2.35. The van der Waals surface area contributed by atoms with E-state index in [9.17, 15) is 4.39 Å². The predicted octanol–water partition coefficient (Wildman–Crippen LogP) is 3.07. The zero-order valence-corrected chi connectivity index (χ0v) is 13.5. The largest absolute Gasteiger partial charge is 0.492 e. The molecule has 2 aliphatic heterocycles. The van der Waals surface area contributed by atoms with Gasteiger partial charge in [-0.2, -0.15) is 0 Å². The number of fused-ring (bicyclic) bond motifs is 5. The van der Waals surface area contributed by atoms with Crippen molar-refractivity contribution >= 4 is 21.6 Å². The number of aromatic nitrogens is 3. The van der Waals surface area contributed by atoms with Crippen LogP contribution in [0.25, 0.3) is 5.69 Å². The molecule has 1 N–H and O–H groups in total. The minimum Gasteiger partial charge on any atom is -0.492 e. The normalized spacial score (nSPS) is 17.6. The van der Waals surface area contributed by atoms with E-state index in [0.29, 0.717) is 34.2 Å². The number of nitrogens with zero attached hydrogens (tertiary/aromatic N) is 3. The molecule has 1 aromatic carbocycles. The summed E-state index contributed by atoms with van der Waals surface area (Å²) >= 11 is 3.32. The molecule has 0 amide bonds. The molecule has 0 atom stereocenters. The van der Waals surface area contributed by atoms with Gasteiger partial charge in [0.25, 0.3) is 0 Å². The van der Waals surface area contributed by atoms with Gasteiger partial charge >= 0.3 is 0 Å². The van der Waals surface area contributed by atoms with Gasteiger partial charge in [-0.1, -0.05) is 0 Å². The van der Waals surface area contributed by atoms with Gasteiger partial charge in [0, 0.05) is 12.0 Å². The van der Waals surface area contributed by atoms with Crippen LogP contribution in [0.3, 0.4) is 0 Å². The number of rotatable bonds is 0. The molecular weight excluding hydrogens is 339 g/mol. The first-order valence-electron chi connectivity index (χ1n) is 6.79. The topological polar surface area (TPSA) is 52.0 Å². The number of benzene rings is 1. The molecule has 0 spiro atoms. The summed E-state index contributed by atoms with van der Waals surface area (Å²) in [5, 5.41) is 11.7. The highest BCUT2D eigenvalue weighted by molar-refractivity contribution is 9.10. The average molecular weight is 353 g/mol. The number of nitrogens with one attached hydrogen (secondary N) is 1. The second kappa shape index (κ2) is 3.97. The van der Waals surface area contributed by atoms with Crippen LogP contribution in [0.5, 0.6) is 5.75 Å². The van der Waals surface area contributed by atoms with Crippen molar-refractivity contribution in [2.45, 2.75) is 32.7 Å². The fraction of sp³-hybridized carbons (Fsp3) is 0.429. The third kappa shape index (κ3) is 1.55. The lowest BCUT2D eigenvalue weighted by atomic mass is 9.97. The monoisotopic (exact) mass is 352 g/mol. The SMILES string of the molecule is Cc1nnc2n1-c1c(F)c(Br)c3c(c1NC2(C)C)CCO3. The van der Waals surface area contributed by atoms with Crippen LogP contribution in [0.2, 0.25) is 0 Å². The smallest absolute Gasteiger partial charge is 0.167 e. The van der Waals surface area contributed by atoms with Gasteiger partial charge in [-0.25, -0.2) is 4.39 Å². The molecular formula is C14H14BrFN4O. The fourth-order valence-corrected chi connectivity index (χ4v) is 3.64. The summed E-state index contributed by atoms with van der Waals surface area (Å²) in [6.45, 7) is 6.43. The average Bonchev–Trinajstić information content (AvgIpc) is 3.03. The Labute approximate surface area is 129 Å². The Kier molecular flexibility index (Phi) is 2.47. The van der Waals surface area contributed by atoms with E-state index in [0.717, 1.165) is 17.7 Å². The third-order valence-corrected chi connectivity index (χ3v) is 4.76. The van der Waals surface area contributed by atoms with Crippen molar-refractivity contribution in [3.63, 3.8) is 0 Å². The Hall–Kier alpha value is -1.63. The Morgan fingerprint density at radius 1 is 1.38 bits per heavy atom. The van der Waals surface area contributed by atoms with E-state index in [1.807, 2.05) is 20.8 Å². The van der Waals surface area contributed by atoms with E-state index in [1.54, 1.807) is 4.57 Å². The first-order valence-corrected chi connectivity index (χ1v) is 7.59. The number of halogens is 2. The summed E-state index contributed by atoms with van der Waals surface area (Å²) in [5.41, 5.74) is 1.84. The maximum absolute atomic E-state index is 14.9. The molecule has 0 radical (unpaired) electrons. The predicted molar refractivity (Wildman–Crippen MR) is 79.6 cm³/mol. The van der Waals surface area contributed by atoms with Gasteiger partial charge in [0.05, 0.1) is 22.3 Å². The Balaban J connectivity index is 2.14. The number of anilines is 1.